The van der Waals surface area contributed by atoms with Gasteiger partial charge in [-0.15, -0.1) is 0 Å². The first-order valence-electron chi connectivity index (χ1n) is 9.29. The molecule has 1 aliphatic carbocycles. The lowest BCUT2D eigenvalue weighted by Gasteiger charge is -2.33. The molecule has 32 heavy (non-hydrogen) atoms. The highest BCUT2D eigenvalue weighted by Gasteiger charge is 2.60. The van der Waals surface area contributed by atoms with Crippen LogP contribution in [0.2, 0.25) is 0 Å². The van der Waals surface area contributed by atoms with Gasteiger partial charge in [-0.25, -0.2) is 4.79 Å². The Hall–Kier alpha value is -2.25. The normalized spacial score (nSPS) is 17.8. The quantitative estimate of drug-likeness (QED) is 0.314. The van der Waals surface area contributed by atoms with Crippen molar-refractivity contribution >= 4 is 24.3 Å². The van der Waals surface area contributed by atoms with E-state index in [2.05, 4.69) is 10.1 Å². The second-order valence-electron chi connectivity index (χ2n) is 7.01. The minimum Gasteiger partial charge on any atom is -0.426 e. The molecule has 186 valence electrons. The van der Waals surface area contributed by atoms with Gasteiger partial charge in [0.1, 0.15) is 5.82 Å². The standard InChI is InChI=1S/C11H13F6NO2.C5H9N3O.C2H6S/c12-10(13,14)7(11(15,16)17)20-8(19)18-5-3-9(1-2-9)4-6-18;6-3-1-2-5(7)8-4-9;1-3-2/h7H,1-6H2;1-4H,6-7H2,(H,8,9);1-2H3/b;3-1-,5-2+;. The Morgan fingerprint density at radius 2 is 1.56 bits per heavy atom. The smallest absolute Gasteiger partial charge is 0.426 e. The number of nitrogens with two attached hydrogens (primary N) is 2. The van der Waals surface area contributed by atoms with Crippen LogP contribution in [0.4, 0.5) is 31.1 Å². The number of allylic oxidation sites excluding steroid dienone is 2. The predicted octanol–water partition coefficient (Wildman–Crippen LogP) is 3.48. The molecule has 0 aromatic rings. The minimum absolute atomic E-state index is 0.140. The Kier molecular flexibility index (Phi) is 12.4. The molecule has 5 N–H and O–H groups in total. The van der Waals surface area contributed by atoms with Gasteiger partial charge in [-0.1, -0.05) is 0 Å². The third-order valence-corrected chi connectivity index (χ3v) is 4.47. The average Bonchev–Trinajstić information content (AvgIpc) is 3.43. The van der Waals surface area contributed by atoms with Gasteiger partial charge in [0.15, 0.2) is 0 Å². The Labute approximate surface area is 186 Å². The molecular formula is C18H28F6N4O3S. The highest BCUT2D eigenvalue weighted by molar-refractivity contribution is 7.97. The molecule has 1 aliphatic heterocycles. The molecule has 2 fully saturated rings. The second kappa shape index (κ2) is 13.3. The van der Waals surface area contributed by atoms with Crippen molar-refractivity contribution in [2.45, 2.75) is 44.1 Å². The summed E-state index contributed by atoms with van der Waals surface area (Å²) < 4.78 is 77.2. The van der Waals surface area contributed by atoms with Crippen LogP contribution in [0.25, 0.3) is 0 Å². The van der Waals surface area contributed by atoms with Gasteiger partial charge in [-0.2, -0.15) is 38.1 Å². The number of hydrogen-bond acceptors (Lipinski definition) is 6. The number of alkyl halides is 6. The molecule has 0 unspecified atom stereocenters. The third-order valence-electron chi connectivity index (χ3n) is 4.47. The van der Waals surface area contributed by atoms with Crippen LogP contribution in [0, 0.1) is 5.41 Å². The van der Waals surface area contributed by atoms with E-state index >= 15 is 0 Å². The topological polar surface area (TPSA) is 111 Å². The van der Waals surface area contributed by atoms with Crippen LogP contribution in [-0.4, -0.2) is 61.5 Å². The molecule has 2 amide bonds. The number of hydrogen-bond donors (Lipinski definition) is 3. The van der Waals surface area contributed by atoms with Gasteiger partial charge in [0.2, 0.25) is 6.41 Å². The predicted molar refractivity (Wildman–Crippen MR) is 109 cm³/mol. The fourth-order valence-electron chi connectivity index (χ4n) is 2.61. The van der Waals surface area contributed by atoms with Crippen molar-refractivity contribution in [3.63, 3.8) is 0 Å². The molecule has 2 rings (SSSR count). The molecule has 0 aromatic carbocycles. The van der Waals surface area contributed by atoms with E-state index in [1.165, 1.54) is 18.4 Å². The number of piperidine rings is 1. The number of thioether (sulfide) groups is 1. The van der Waals surface area contributed by atoms with Gasteiger partial charge >= 0.3 is 18.4 Å². The van der Waals surface area contributed by atoms with Crippen molar-refractivity contribution in [2.75, 3.05) is 25.6 Å². The van der Waals surface area contributed by atoms with Crippen molar-refractivity contribution < 1.29 is 40.7 Å². The number of nitrogens with one attached hydrogen (secondary N) is 1. The van der Waals surface area contributed by atoms with E-state index in [0.717, 1.165) is 17.7 Å². The van der Waals surface area contributed by atoms with Gasteiger partial charge in [0.25, 0.3) is 6.10 Å². The van der Waals surface area contributed by atoms with Crippen molar-refractivity contribution in [1.82, 2.24) is 10.2 Å². The van der Waals surface area contributed by atoms with E-state index in [0.29, 0.717) is 19.3 Å². The summed E-state index contributed by atoms with van der Waals surface area (Å²) in [6, 6.07) is 0. The van der Waals surface area contributed by atoms with Crippen LogP contribution in [0.3, 0.4) is 0 Å². The molecule has 0 atom stereocenters. The molecule has 1 spiro atoms. The molecule has 1 saturated heterocycles. The number of ether oxygens (including phenoxy) is 1. The lowest BCUT2D eigenvalue weighted by Crippen LogP contribution is -2.49. The number of likely N-dealkylation sites (tertiary alicyclic amines) is 1. The first-order chi connectivity index (χ1) is 14.8. The average molecular weight is 495 g/mol. The zero-order valence-electron chi connectivity index (χ0n) is 17.6. The number of amides is 2. The van der Waals surface area contributed by atoms with E-state index in [9.17, 15) is 35.9 Å². The summed E-state index contributed by atoms with van der Waals surface area (Å²) in [7, 11) is 0. The van der Waals surface area contributed by atoms with Crippen LogP contribution in [0.5, 0.6) is 0 Å². The van der Waals surface area contributed by atoms with Crippen molar-refractivity contribution in [2.24, 2.45) is 16.9 Å². The van der Waals surface area contributed by atoms with Crippen LogP contribution in [-0.2, 0) is 9.53 Å². The third kappa shape index (κ3) is 11.4. The SMILES string of the molecule is CSC.N/C=C\C=C(/N)NC=O.O=C(OC(C(F)(F)F)C(F)(F)F)N1CCC2(CC1)CC2. The van der Waals surface area contributed by atoms with E-state index in [4.69, 9.17) is 11.5 Å². The molecule has 1 heterocycles. The summed E-state index contributed by atoms with van der Waals surface area (Å²) in [5.41, 5.74) is 10.3. The highest BCUT2D eigenvalue weighted by atomic mass is 32.2. The van der Waals surface area contributed by atoms with Crippen molar-refractivity contribution in [3.8, 4) is 0 Å². The van der Waals surface area contributed by atoms with Crippen molar-refractivity contribution in [1.29, 1.82) is 0 Å². The summed E-state index contributed by atoms with van der Waals surface area (Å²) >= 11 is 1.75. The Bertz CT molecular complexity index is 628. The number of nitrogens with zero attached hydrogens (tertiary/aromatic N) is 1. The first-order valence-corrected chi connectivity index (χ1v) is 10.9. The lowest BCUT2D eigenvalue weighted by molar-refractivity contribution is -0.308. The molecule has 0 aromatic heterocycles. The van der Waals surface area contributed by atoms with Crippen LogP contribution in [0.15, 0.2) is 24.2 Å². The monoisotopic (exact) mass is 494 g/mol. The molecule has 2 aliphatic rings. The van der Waals surface area contributed by atoms with Crippen molar-refractivity contribution in [3.05, 3.63) is 24.2 Å². The fraction of sp³-hybridized carbons (Fsp3) is 0.667. The minimum atomic E-state index is -5.67. The molecular weight excluding hydrogens is 466 g/mol. The van der Waals surface area contributed by atoms with E-state index < -0.39 is 24.5 Å². The molecule has 0 radical (unpaired) electrons. The second-order valence-corrected chi connectivity index (χ2v) is 7.83. The maximum Gasteiger partial charge on any atom is 0.434 e. The fourth-order valence-corrected chi connectivity index (χ4v) is 2.61. The van der Waals surface area contributed by atoms with Crippen LogP contribution >= 0.6 is 11.8 Å². The van der Waals surface area contributed by atoms with Gasteiger partial charge < -0.3 is 26.4 Å². The van der Waals surface area contributed by atoms with Gasteiger partial charge in [-0.3, -0.25) is 4.79 Å². The zero-order chi connectivity index (χ0) is 25.0. The number of halogens is 6. The summed E-state index contributed by atoms with van der Waals surface area (Å²) in [6.07, 6.45) is -4.85. The van der Waals surface area contributed by atoms with Crippen LogP contribution < -0.4 is 16.8 Å². The largest absolute Gasteiger partial charge is 0.434 e. The van der Waals surface area contributed by atoms with Gasteiger partial charge in [0, 0.05) is 13.1 Å². The Morgan fingerprint density at radius 1 is 1.09 bits per heavy atom. The maximum absolute atomic E-state index is 12.3. The molecule has 0 bridgehead atoms. The zero-order valence-corrected chi connectivity index (χ0v) is 18.4. The summed E-state index contributed by atoms with van der Waals surface area (Å²) in [6.45, 7) is 0.280. The number of rotatable bonds is 4. The number of carbonyl (C=O) groups is 2. The Morgan fingerprint density at radius 3 is 1.91 bits per heavy atom. The van der Waals surface area contributed by atoms with E-state index in [1.54, 1.807) is 11.8 Å². The Balaban J connectivity index is 0.000000672. The van der Waals surface area contributed by atoms with E-state index in [-0.39, 0.29) is 24.3 Å². The van der Waals surface area contributed by atoms with E-state index in [1.807, 2.05) is 12.5 Å². The molecule has 1 saturated carbocycles. The van der Waals surface area contributed by atoms with Gasteiger partial charge in [0.05, 0.1) is 0 Å². The summed E-state index contributed by atoms with van der Waals surface area (Å²) in [5.74, 6) is 0.270. The summed E-state index contributed by atoms with van der Waals surface area (Å²) in [4.78, 5) is 22.0. The highest BCUT2D eigenvalue weighted by Crippen LogP contribution is 2.53. The van der Waals surface area contributed by atoms with Crippen LogP contribution in [0.1, 0.15) is 25.7 Å². The summed E-state index contributed by atoms with van der Waals surface area (Å²) in [5, 5.41) is 2.23. The lowest BCUT2D eigenvalue weighted by atomic mass is 9.94. The van der Waals surface area contributed by atoms with Gasteiger partial charge in [-0.05, 0) is 62.0 Å². The number of carbonyl (C=O) groups excluding carboxylic acids is 2. The molecule has 14 heteroatoms. The molecule has 7 nitrogen and oxygen atoms in total. The maximum atomic E-state index is 12.3. The first kappa shape index (κ1) is 29.8.